The van der Waals surface area contributed by atoms with Gasteiger partial charge in [0.25, 0.3) is 0 Å². The van der Waals surface area contributed by atoms with Crippen LogP contribution in [-0.2, 0) is 11.2 Å². The molecule has 1 amide bonds. The van der Waals surface area contributed by atoms with Crippen LogP contribution < -0.4 is 16.0 Å². The Morgan fingerprint density at radius 2 is 1.79 bits per heavy atom. The average Bonchev–Trinajstić information content (AvgIpc) is 3.45. The van der Waals surface area contributed by atoms with Crippen molar-refractivity contribution in [3.8, 4) is 0 Å². The maximum atomic E-state index is 11.7. The van der Waals surface area contributed by atoms with E-state index in [-0.39, 0.29) is 35.8 Å². The SMILES string of the molecule is I.O=C(NCCNC(=NCCc1ccco1)NCCSc1ccccc1)C1CC1. The molecule has 0 saturated heterocycles. The van der Waals surface area contributed by atoms with E-state index < -0.39 is 0 Å². The van der Waals surface area contributed by atoms with Crippen LogP contribution in [0.1, 0.15) is 18.6 Å². The molecule has 1 aromatic carbocycles. The third kappa shape index (κ3) is 9.58. The quantitative estimate of drug-likeness (QED) is 0.137. The first kappa shape index (κ1) is 23.6. The molecule has 2 aromatic rings. The minimum atomic E-state index is 0. The molecule has 0 spiro atoms. The highest BCUT2D eigenvalue weighted by Crippen LogP contribution is 2.28. The summed E-state index contributed by atoms with van der Waals surface area (Å²) in [5.74, 6) is 3.06. The van der Waals surface area contributed by atoms with Crippen LogP contribution in [0.3, 0.4) is 0 Å². The summed E-state index contributed by atoms with van der Waals surface area (Å²) < 4.78 is 5.36. The van der Waals surface area contributed by atoms with E-state index in [0.29, 0.717) is 19.6 Å². The van der Waals surface area contributed by atoms with Gasteiger partial charge in [-0.1, -0.05) is 18.2 Å². The second-order valence-corrected chi connectivity index (χ2v) is 7.81. The smallest absolute Gasteiger partial charge is 0.223 e. The monoisotopic (exact) mass is 528 g/mol. The number of nitrogens with one attached hydrogen (secondary N) is 3. The average molecular weight is 528 g/mol. The van der Waals surface area contributed by atoms with Gasteiger partial charge in [-0.15, -0.1) is 35.7 Å². The Hall–Kier alpha value is -1.68. The molecule has 8 heteroatoms. The van der Waals surface area contributed by atoms with Crippen LogP contribution in [0.4, 0.5) is 0 Å². The number of benzene rings is 1. The van der Waals surface area contributed by atoms with Gasteiger partial charge in [0, 0.05) is 49.2 Å². The van der Waals surface area contributed by atoms with Gasteiger partial charge >= 0.3 is 0 Å². The van der Waals surface area contributed by atoms with Gasteiger partial charge in [-0.25, -0.2) is 0 Å². The van der Waals surface area contributed by atoms with Crippen molar-refractivity contribution < 1.29 is 9.21 Å². The highest BCUT2D eigenvalue weighted by Gasteiger charge is 2.28. The molecule has 3 N–H and O–H groups in total. The van der Waals surface area contributed by atoms with Gasteiger partial charge in [0.15, 0.2) is 5.96 Å². The minimum Gasteiger partial charge on any atom is -0.469 e. The van der Waals surface area contributed by atoms with Gasteiger partial charge in [-0.05, 0) is 37.1 Å². The zero-order valence-corrected chi connectivity index (χ0v) is 19.6. The molecule has 1 saturated carbocycles. The van der Waals surface area contributed by atoms with Crippen LogP contribution in [0.25, 0.3) is 0 Å². The van der Waals surface area contributed by atoms with Crippen LogP contribution in [0.5, 0.6) is 0 Å². The van der Waals surface area contributed by atoms with Gasteiger partial charge in [0.05, 0.1) is 6.26 Å². The summed E-state index contributed by atoms with van der Waals surface area (Å²) in [4.78, 5) is 17.6. The number of carbonyl (C=O) groups is 1. The van der Waals surface area contributed by atoms with Gasteiger partial charge < -0.3 is 20.4 Å². The summed E-state index contributed by atoms with van der Waals surface area (Å²) >= 11 is 1.81. The van der Waals surface area contributed by atoms with Crippen molar-refractivity contribution in [2.45, 2.75) is 24.2 Å². The summed E-state index contributed by atoms with van der Waals surface area (Å²) in [5, 5.41) is 9.63. The number of carbonyl (C=O) groups excluding carboxylic acids is 1. The first-order valence-corrected chi connectivity index (χ1v) is 10.8. The van der Waals surface area contributed by atoms with E-state index in [9.17, 15) is 4.79 Å². The molecule has 1 aromatic heterocycles. The molecule has 158 valence electrons. The van der Waals surface area contributed by atoms with Crippen LogP contribution in [0.2, 0.25) is 0 Å². The fourth-order valence-electron chi connectivity index (χ4n) is 2.62. The normalized spacial score (nSPS) is 13.4. The fraction of sp³-hybridized carbons (Fsp3) is 0.429. The predicted octanol–water partition coefficient (Wildman–Crippen LogP) is 3.29. The number of thioether (sulfide) groups is 1. The Bertz CT molecular complexity index is 736. The zero-order chi connectivity index (χ0) is 19.4. The Kier molecular flexibility index (Phi) is 11.0. The molecule has 1 aliphatic carbocycles. The molecule has 6 nitrogen and oxygen atoms in total. The Balaban J connectivity index is 0.00000300. The lowest BCUT2D eigenvalue weighted by Gasteiger charge is -2.13. The van der Waals surface area contributed by atoms with E-state index >= 15 is 0 Å². The van der Waals surface area contributed by atoms with Crippen LogP contribution >= 0.6 is 35.7 Å². The first-order valence-electron chi connectivity index (χ1n) is 9.81. The maximum absolute atomic E-state index is 11.7. The fourth-order valence-corrected chi connectivity index (χ4v) is 3.41. The molecule has 1 heterocycles. The Morgan fingerprint density at radius 1 is 1.03 bits per heavy atom. The van der Waals surface area contributed by atoms with Crippen molar-refractivity contribution in [3.63, 3.8) is 0 Å². The largest absolute Gasteiger partial charge is 0.469 e. The lowest BCUT2D eigenvalue weighted by Crippen LogP contribution is -2.42. The molecular weight excluding hydrogens is 499 g/mol. The van der Waals surface area contributed by atoms with E-state index in [1.165, 1.54) is 4.90 Å². The van der Waals surface area contributed by atoms with Crippen molar-refractivity contribution >= 4 is 47.6 Å². The number of furan rings is 1. The van der Waals surface area contributed by atoms with Gasteiger partial charge in [0.2, 0.25) is 5.91 Å². The summed E-state index contributed by atoms with van der Waals surface area (Å²) in [6, 6.07) is 14.2. The highest BCUT2D eigenvalue weighted by molar-refractivity contribution is 14.0. The molecule has 0 unspecified atom stereocenters. The Labute approximate surface area is 193 Å². The molecule has 1 fully saturated rings. The van der Waals surface area contributed by atoms with Crippen molar-refractivity contribution in [2.24, 2.45) is 10.9 Å². The molecular formula is C21H29IN4O2S. The number of aliphatic imine (C=N–C) groups is 1. The molecule has 0 atom stereocenters. The van der Waals surface area contributed by atoms with Crippen molar-refractivity contribution in [1.82, 2.24) is 16.0 Å². The number of guanidine groups is 1. The van der Waals surface area contributed by atoms with E-state index in [4.69, 9.17) is 4.42 Å². The van der Waals surface area contributed by atoms with Crippen LogP contribution in [0, 0.1) is 5.92 Å². The second-order valence-electron chi connectivity index (χ2n) is 6.64. The van der Waals surface area contributed by atoms with Crippen LogP contribution in [0.15, 0.2) is 63.0 Å². The predicted molar refractivity (Wildman–Crippen MR) is 129 cm³/mol. The number of hydrogen-bond acceptors (Lipinski definition) is 4. The first-order chi connectivity index (χ1) is 13.8. The summed E-state index contributed by atoms with van der Waals surface area (Å²) in [6.07, 6.45) is 4.50. The lowest BCUT2D eigenvalue weighted by atomic mass is 10.3. The zero-order valence-electron chi connectivity index (χ0n) is 16.4. The van der Waals surface area contributed by atoms with Crippen molar-refractivity contribution in [1.29, 1.82) is 0 Å². The van der Waals surface area contributed by atoms with E-state index in [1.807, 2.05) is 30.0 Å². The second kappa shape index (κ2) is 13.5. The van der Waals surface area contributed by atoms with Gasteiger partial charge in [0.1, 0.15) is 5.76 Å². The van der Waals surface area contributed by atoms with E-state index in [1.54, 1.807) is 6.26 Å². The summed E-state index contributed by atoms with van der Waals surface area (Å²) in [6.45, 7) is 2.70. The van der Waals surface area contributed by atoms with Gasteiger partial charge in [-0.3, -0.25) is 9.79 Å². The molecule has 3 rings (SSSR count). The number of amides is 1. The molecule has 1 aliphatic rings. The molecule has 0 radical (unpaired) electrons. The van der Waals surface area contributed by atoms with E-state index in [2.05, 4.69) is 45.2 Å². The van der Waals surface area contributed by atoms with Crippen LogP contribution in [-0.4, -0.2) is 43.8 Å². The molecule has 0 bridgehead atoms. The molecule has 29 heavy (non-hydrogen) atoms. The standard InChI is InChI=1S/C21H28N4O2S.HI/c26-20(17-8-9-17)22-12-13-24-21(23-11-10-18-5-4-15-27-18)25-14-16-28-19-6-2-1-3-7-19;/h1-7,15,17H,8-14,16H2,(H,22,26)(H2,23,24,25);1H. The maximum Gasteiger partial charge on any atom is 0.223 e. The Morgan fingerprint density at radius 3 is 2.52 bits per heavy atom. The highest BCUT2D eigenvalue weighted by atomic mass is 127. The topological polar surface area (TPSA) is 78.7 Å². The lowest BCUT2D eigenvalue weighted by molar-refractivity contribution is -0.122. The van der Waals surface area contributed by atoms with Crippen molar-refractivity contribution in [3.05, 3.63) is 54.5 Å². The van der Waals surface area contributed by atoms with E-state index in [0.717, 1.165) is 43.3 Å². The summed E-state index contributed by atoms with van der Waals surface area (Å²) in [5.41, 5.74) is 0. The van der Waals surface area contributed by atoms with Crippen molar-refractivity contribution in [2.75, 3.05) is 31.9 Å². The third-order valence-corrected chi connectivity index (χ3v) is 5.29. The minimum absolute atomic E-state index is 0. The van der Waals surface area contributed by atoms with Gasteiger partial charge in [-0.2, -0.15) is 0 Å². The number of nitrogens with zero attached hydrogens (tertiary/aromatic N) is 1. The molecule has 0 aliphatic heterocycles. The summed E-state index contributed by atoms with van der Waals surface area (Å²) in [7, 11) is 0. The number of halogens is 1. The number of hydrogen-bond donors (Lipinski definition) is 3. The third-order valence-electron chi connectivity index (χ3n) is 4.28. The number of rotatable bonds is 11.